The summed E-state index contributed by atoms with van der Waals surface area (Å²) in [5.41, 5.74) is -0.136. The molecule has 1 aromatic rings. The third kappa shape index (κ3) is 7.05. The summed E-state index contributed by atoms with van der Waals surface area (Å²) in [7, 11) is 1.40. The number of halogens is 3. The first-order valence-electron chi connectivity index (χ1n) is 7.76. The van der Waals surface area contributed by atoms with Crippen LogP contribution in [0.3, 0.4) is 0 Å². The van der Waals surface area contributed by atoms with Crippen LogP contribution < -0.4 is 4.74 Å². The van der Waals surface area contributed by atoms with E-state index in [1.807, 2.05) is 0 Å². The molecule has 0 radical (unpaired) electrons. The molecular formula is C18H23F3O5. The molecule has 0 bridgehead atoms. The molecule has 0 spiro atoms. The quantitative estimate of drug-likeness (QED) is 0.499. The van der Waals surface area contributed by atoms with Crippen LogP contribution in [0, 0.1) is 0 Å². The van der Waals surface area contributed by atoms with E-state index in [0.29, 0.717) is 5.56 Å². The number of methoxy groups -OCH3 is 1. The minimum absolute atomic E-state index is 0.0171. The molecule has 0 amide bonds. The number of carbonyl (C=O) groups is 1. The topological polar surface area (TPSA) is 54.0 Å². The van der Waals surface area contributed by atoms with Crippen LogP contribution in [-0.4, -0.2) is 38.3 Å². The van der Waals surface area contributed by atoms with Crippen molar-refractivity contribution in [2.45, 2.75) is 39.2 Å². The molecule has 26 heavy (non-hydrogen) atoms. The first kappa shape index (κ1) is 22.0. The summed E-state index contributed by atoms with van der Waals surface area (Å²) in [6.07, 6.45) is -3.01. The molecule has 0 fully saturated rings. The minimum atomic E-state index is -4.47. The maximum absolute atomic E-state index is 12.6. The average Bonchev–Trinajstić information content (AvgIpc) is 2.49. The highest BCUT2D eigenvalue weighted by atomic mass is 19.4. The summed E-state index contributed by atoms with van der Waals surface area (Å²) in [5, 5.41) is 0. The summed E-state index contributed by atoms with van der Waals surface area (Å²) in [6.45, 7) is 6.65. The van der Waals surface area contributed by atoms with Gasteiger partial charge in [-0.15, -0.1) is 0 Å². The predicted octanol–water partition coefficient (Wildman–Crippen LogP) is 4.35. The molecule has 0 saturated carbocycles. The minimum Gasteiger partial charge on any atom is -0.466 e. The fraction of sp³-hybridized carbons (Fsp3) is 0.500. The van der Waals surface area contributed by atoms with Gasteiger partial charge in [0.1, 0.15) is 23.5 Å². The van der Waals surface area contributed by atoms with Crippen molar-refractivity contribution >= 4 is 12.0 Å². The smallest absolute Gasteiger partial charge is 0.411 e. The van der Waals surface area contributed by atoms with Crippen LogP contribution >= 0.6 is 0 Å². The Balaban J connectivity index is 3.29. The Morgan fingerprint density at radius 2 is 1.88 bits per heavy atom. The van der Waals surface area contributed by atoms with Gasteiger partial charge in [0.25, 0.3) is 0 Å². The maximum atomic E-state index is 12.6. The highest BCUT2D eigenvalue weighted by molar-refractivity contribution is 5.96. The van der Waals surface area contributed by atoms with Gasteiger partial charge in [-0.3, -0.25) is 0 Å². The number of rotatable bonds is 8. The van der Waals surface area contributed by atoms with Crippen LogP contribution in [0.4, 0.5) is 13.2 Å². The molecule has 0 aliphatic heterocycles. The van der Waals surface area contributed by atoms with E-state index in [-0.39, 0.29) is 23.7 Å². The van der Waals surface area contributed by atoms with Gasteiger partial charge in [0, 0.05) is 12.7 Å². The van der Waals surface area contributed by atoms with Gasteiger partial charge >= 0.3 is 12.1 Å². The van der Waals surface area contributed by atoms with E-state index in [2.05, 4.69) is 6.58 Å². The number of ether oxygens (including phenoxy) is 4. The number of hydrogen-bond acceptors (Lipinski definition) is 5. The van der Waals surface area contributed by atoms with E-state index in [1.54, 1.807) is 26.8 Å². The fourth-order valence-corrected chi connectivity index (χ4v) is 2.02. The van der Waals surface area contributed by atoms with Gasteiger partial charge in [0.05, 0.1) is 6.61 Å². The molecule has 0 saturated heterocycles. The maximum Gasteiger partial charge on any atom is 0.411 e. The Labute approximate surface area is 150 Å². The summed E-state index contributed by atoms with van der Waals surface area (Å²) >= 11 is 0. The highest BCUT2D eigenvalue weighted by Crippen LogP contribution is 2.31. The lowest BCUT2D eigenvalue weighted by molar-refractivity contribution is -0.176. The molecule has 1 rings (SSSR count). The third-order valence-corrected chi connectivity index (χ3v) is 2.94. The second-order valence-electron chi connectivity index (χ2n) is 6.38. The molecule has 0 heterocycles. The van der Waals surface area contributed by atoms with Crippen molar-refractivity contribution in [3.05, 3.63) is 35.4 Å². The van der Waals surface area contributed by atoms with Crippen LogP contribution in [0.2, 0.25) is 0 Å². The molecule has 146 valence electrons. The molecule has 0 aliphatic rings. The summed E-state index contributed by atoms with van der Waals surface area (Å²) in [6, 6.07) is 3.05. The van der Waals surface area contributed by atoms with Crippen molar-refractivity contribution in [3.63, 3.8) is 0 Å². The molecule has 8 heteroatoms. The van der Waals surface area contributed by atoms with Gasteiger partial charge in [0.2, 0.25) is 0 Å². The van der Waals surface area contributed by atoms with Crippen molar-refractivity contribution in [2.75, 3.05) is 20.5 Å². The Bertz CT molecular complexity index is 633. The standard InChI is InChI=1S/C18H23F3O5/c1-6-12-7-8-13(9-24-10-18(19,20)21)14(15(12)25-11-23-5)16(22)26-17(2,3)4/h6-8H,1,9-11H2,2-5H3. The van der Waals surface area contributed by atoms with Crippen LogP contribution in [0.25, 0.3) is 6.08 Å². The van der Waals surface area contributed by atoms with Crippen molar-refractivity contribution in [1.82, 2.24) is 0 Å². The first-order valence-corrected chi connectivity index (χ1v) is 7.76. The zero-order chi connectivity index (χ0) is 20.0. The van der Waals surface area contributed by atoms with E-state index in [0.717, 1.165) is 0 Å². The lowest BCUT2D eigenvalue weighted by atomic mass is 10.0. The van der Waals surface area contributed by atoms with Crippen LogP contribution in [0.5, 0.6) is 5.75 Å². The molecule has 0 unspecified atom stereocenters. The van der Waals surface area contributed by atoms with E-state index in [4.69, 9.17) is 18.9 Å². The van der Waals surface area contributed by atoms with E-state index < -0.39 is 31.0 Å². The average molecular weight is 376 g/mol. The van der Waals surface area contributed by atoms with Crippen molar-refractivity contribution in [3.8, 4) is 5.75 Å². The second-order valence-corrected chi connectivity index (χ2v) is 6.38. The highest BCUT2D eigenvalue weighted by Gasteiger charge is 2.29. The molecular weight excluding hydrogens is 353 g/mol. The number of benzene rings is 1. The number of esters is 1. The summed E-state index contributed by atoms with van der Waals surface area (Å²) in [5.74, 6) is -0.623. The Kier molecular flexibility index (Phi) is 7.65. The van der Waals surface area contributed by atoms with Crippen molar-refractivity contribution < 1.29 is 36.9 Å². The number of hydrogen-bond donors (Lipinski definition) is 0. The second kappa shape index (κ2) is 9.05. The van der Waals surface area contributed by atoms with Crippen LogP contribution in [0.1, 0.15) is 42.3 Å². The van der Waals surface area contributed by atoms with Crippen molar-refractivity contribution in [2.24, 2.45) is 0 Å². The van der Waals surface area contributed by atoms with Crippen molar-refractivity contribution in [1.29, 1.82) is 0 Å². The zero-order valence-electron chi connectivity index (χ0n) is 15.2. The predicted molar refractivity (Wildman–Crippen MR) is 89.9 cm³/mol. The molecule has 0 aromatic heterocycles. The third-order valence-electron chi connectivity index (χ3n) is 2.94. The molecule has 5 nitrogen and oxygen atoms in total. The number of carbonyl (C=O) groups excluding carboxylic acids is 1. The fourth-order valence-electron chi connectivity index (χ4n) is 2.02. The zero-order valence-corrected chi connectivity index (χ0v) is 15.2. The summed E-state index contributed by atoms with van der Waals surface area (Å²) < 4.78 is 57.4. The lowest BCUT2D eigenvalue weighted by Crippen LogP contribution is -2.25. The molecule has 1 aromatic carbocycles. The lowest BCUT2D eigenvalue weighted by Gasteiger charge is -2.23. The van der Waals surface area contributed by atoms with E-state index in [9.17, 15) is 18.0 Å². The van der Waals surface area contributed by atoms with Gasteiger partial charge in [-0.1, -0.05) is 24.8 Å². The van der Waals surface area contributed by atoms with Gasteiger partial charge in [-0.05, 0) is 26.3 Å². The summed E-state index contributed by atoms with van der Waals surface area (Å²) in [4.78, 5) is 12.6. The van der Waals surface area contributed by atoms with Crippen LogP contribution in [-0.2, 0) is 20.8 Å². The monoisotopic (exact) mass is 376 g/mol. The largest absolute Gasteiger partial charge is 0.466 e. The van der Waals surface area contributed by atoms with Gasteiger partial charge < -0.3 is 18.9 Å². The Morgan fingerprint density at radius 3 is 2.38 bits per heavy atom. The van der Waals surface area contributed by atoms with E-state index >= 15 is 0 Å². The Hall–Kier alpha value is -2.06. The molecule has 0 N–H and O–H groups in total. The van der Waals surface area contributed by atoms with Crippen LogP contribution in [0.15, 0.2) is 18.7 Å². The number of alkyl halides is 3. The normalized spacial score (nSPS) is 12.0. The van der Waals surface area contributed by atoms with Gasteiger partial charge in [0.15, 0.2) is 6.79 Å². The Morgan fingerprint density at radius 1 is 1.23 bits per heavy atom. The van der Waals surface area contributed by atoms with Gasteiger partial charge in [-0.25, -0.2) is 4.79 Å². The SMILES string of the molecule is C=Cc1ccc(COCC(F)(F)F)c(C(=O)OC(C)(C)C)c1OCOC. The molecule has 0 atom stereocenters. The molecule has 0 aliphatic carbocycles. The first-order chi connectivity index (χ1) is 12.0. The van der Waals surface area contributed by atoms with E-state index in [1.165, 1.54) is 19.3 Å². The van der Waals surface area contributed by atoms with Gasteiger partial charge in [-0.2, -0.15) is 13.2 Å².